The molecule has 0 aliphatic heterocycles. The fraction of sp³-hybridized carbons (Fsp3) is 0.154. The Labute approximate surface area is 114 Å². The van der Waals surface area contributed by atoms with Crippen LogP contribution in [0.1, 0.15) is 13.8 Å². The number of amides is 1. The lowest BCUT2D eigenvalue weighted by Gasteiger charge is -2.01. The van der Waals surface area contributed by atoms with Crippen molar-refractivity contribution in [3.63, 3.8) is 0 Å². The summed E-state index contributed by atoms with van der Waals surface area (Å²) in [5.41, 5.74) is 0.481. The molecule has 0 aromatic carbocycles. The molecular formula is C13H12N2O5. The molecule has 20 heavy (non-hydrogen) atoms. The zero-order valence-corrected chi connectivity index (χ0v) is 10.8. The van der Waals surface area contributed by atoms with Crippen molar-refractivity contribution in [3.8, 4) is 22.8 Å². The molecule has 0 saturated carbocycles. The number of rotatable bonds is 3. The number of esters is 1. The molecule has 0 bridgehead atoms. The topological polar surface area (TPSA) is 102 Å². The molecule has 0 spiro atoms. The van der Waals surface area contributed by atoms with Crippen LogP contribution in [0.5, 0.6) is 11.5 Å². The number of ether oxygens (including phenoxy) is 1. The van der Waals surface area contributed by atoms with Crippen LogP contribution in [-0.2, 0) is 9.59 Å². The van der Waals surface area contributed by atoms with Gasteiger partial charge in [-0.05, 0) is 12.1 Å². The van der Waals surface area contributed by atoms with E-state index in [2.05, 4.69) is 10.3 Å². The number of anilines is 1. The van der Waals surface area contributed by atoms with Crippen LogP contribution >= 0.6 is 0 Å². The van der Waals surface area contributed by atoms with Crippen molar-refractivity contribution in [1.82, 2.24) is 4.98 Å². The summed E-state index contributed by atoms with van der Waals surface area (Å²) >= 11 is 0. The molecule has 7 nitrogen and oxygen atoms in total. The van der Waals surface area contributed by atoms with Crippen molar-refractivity contribution in [3.05, 3.63) is 24.5 Å². The SMILES string of the molecule is CC(=O)Nc1oc(-c2cccnc2)c(O)c1OC(C)=O. The Bertz CT molecular complexity index is 648. The third-order valence-corrected chi connectivity index (χ3v) is 2.30. The Balaban J connectivity index is 2.52. The average molecular weight is 276 g/mol. The lowest BCUT2D eigenvalue weighted by Crippen LogP contribution is -2.08. The highest BCUT2D eigenvalue weighted by Gasteiger charge is 2.24. The molecule has 7 heteroatoms. The van der Waals surface area contributed by atoms with Crippen molar-refractivity contribution in [2.45, 2.75) is 13.8 Å². The summed E-state index contributed by atoms with van der Waals surface area (Å²) < 4.78 is 10.2. The Kier molecular flexibility index (Phi) is 3.69. The van der Waals surface area contributed by atoms with Gasteiger partial charge in [0.1, 0.15) is 0 Å². The average Bonchev–Trinajstić information content (AvgIpc) is 2.67. The number of pyridine rings is 1. The standard InChI is InChI=1S/C13H12N2O5/c1-7(16)15-13-12(19-8(2)17)10(18)11(20-13)9-4-3-5-14-6-9/h3-6,18H,1-2H3,(H,15,16). The van der Waals surface area contributed by atoms with E-state index in [1.165, 1.54) is 20.0 Å². The van der Waals surface area contributed by atoms with E-state index in [-0.39, 0.29) is 23.1 Å². The molecule has 2 heterocycles. The Morgan fingerprint density at radius 1 is 1.40 bits per heavy atom. The summed E-state index contributed by atoms with van der Waals surface area (Å²) in [6, 6.07) is 3.31. The highest BCUT2D eigenvalue weighted by molar-refractivity contribution is 5.91. The molecule has 0 radical (unpaired) electrons. The minimum Gasteiger partial charge on any atom is -0.502 e. The maximum absolute atomic E-state index is 11.1. The summed E-state index contributed by atoms with van der Waals surface area (Å²) in [7, 11) is 0. The van der Waals surface area contributed by atoms with E-state index >= 15 is 0 Å². The molecule has 0 unspecified atom stereocenters. The molecule has 1 amide bonds. The number of nitrogens with zero attached hydrogens (tertiary/aromatic N) is 1. The third kappa shape index (κ3) is 2.77. The van der Waals surface area contributed by atoms with Gasteiger partial charge in [-0.25, -0.2) is 0 Å². The van der Waals surface area contributed by atoms with E-state index in [1.807, 2.05) is 0 Å². The van der Waals surface area contributed by atoms with Crippen LogP contribution in [0.2, 0.25) is 0 Å². The molecule has 2 rings (SSSR count). The summed E-state index contributed by atoms with van der Waals surface area (Å²) in [5, 5.41) is 12.4. The van der Waals surface area contributed by atoms with E-state index in [9.17, 15) is 14.7 Å². The summed E-state index contributed by atoms with van der Waals surface area (Å²) in [6.07, 6.45) is 3.03. The van der Waals surface area contributed by atoms with Crippen molar-refractivity contribution in [2.75, 3.05) is 5.32 Å². The lowest BCUT2D eigenvalue weighted by atomic mass is 10.2. The maximum Gasteiger partial charge on any atom is 0.308 e. The van der Waals surface area contributed by atoms with E-state index < -0.39 is 11.9 Å². The molecule has 0 atom stereocenters. The Morgan fingerprint density at radius 3 is 2.70 bits per heavy atom. The Hall–Kier alpha value is -2.83. The monoisotopic (exact) mass is 276 g/mol. The summed E-state index contributed by atoms with van der Waals surface area (Å²) in [4.78, 5) is 26.0. The molecule has 2 aromatic rings. The number of furan rings is 1. The number of hydrogen-bond donors (Lipinski definition) is 2. The highest BCUT2D eigenvalue weighted by Crippen LogP contribution is 2.45. The van der Waals surface area contributed by atoms with Crippen molar-refractivity contribution < 1.29 is 23.8 Å². The van der Waals surface area contributed by atoms with E-state index in [4.69, 9.17) is 9.15 Å². The van der Waals surface area contributed by atoms with Gasteiger partial charge in [0, 0.05) is 31.8 Å². The van der Waals surface area contributed by atoms with Gasteiger partial charge >= 0.3 is 5.97 Å². The second-order valence-corrected chi connectivity index (χ2v) is 3.95. The smallest absolute Gasteiger partial charge is 0.308 e. The van der Waals surface area contributed by atoms with Crippen molar-refractivity contribution in [1.29, 1.82) is 0 Å². The quantitative estimate of drug-likeness (QED) is 0.830. The molecule has 0 saturated heterocycles. The minimum absolute atomic E-state index is 0.0538. The fourth-order valence-electron chi connectivity index (χ4n) is 1.58. The largest absolute Gasteiger partial charge is 0.502 e. The first-order valence-corrected chi connectivity index (χ1v) is 5.71. The van der Waals surface area contributed by atoms with Crippen LogP contribution in [0.4, 0.5) is 5.88 Å². The van der Waals surface area contributed by atoms with Crippen molar-refractivity contribution in [2.24, 2.45) is 0 Å². The van der Waals surface area contributed by atoms with Crippen LogP contribution in [-0.4, -0.2) is 22.0 Å². The summed E-state index contributed by atoms with van der Waals surface area (Å²) in [6.45, 7) is 2.44. The van der Waals surface area contributed by atoms with E-state index in [1.54, 1.807) is 18.3 Å². The number of hydrogen-bond acceptors (Lipinski definition) is 6. The van der Waals surface area contributed by atoms with Crippen LogP contribution in [0.3, 0.4) is 0 Å². The minimum atomic E-state index is -0.648. The molecular weight excluding hydrogens is 264 g/mol. The normalized spacial score (nSPS) is 10.1. The number of aromatic nitrogens is 1. The zero-order chi connectivity index (χ0) is 14.7. The predicted molar refractivity (Wildman–Crippen MR) is 69.2 cm³/mol. The van der Waals surface area contributed by atoms with Gasteiger partial charge in [0.2, 0.25) is 23.3 Å². The number of carbonyl (C=O) groups is 2. The van der Waals surface area contributed by atoms with Gasteiger partial charge in [-0.3, -0.25) is 19.9 Å². The number of nitrogens with one attached hydrogen (secondary N) is 1. The third-order valence-electron chi connectivity index (χ3n) is 2.30. The molecule has 104 valence electrons. The van der Waals surface area contributed by atoms with Crippen LogP contribution in [0.25, 0.3) is 11.3 Å². The van der Waals surface area contributed by atoms with Gasteiger partial charge in [0.15, 0.2) is 5.76 Å². The number of aromatic hydroxyl groups is 1. The second kappa shape index (κ2) is 5.43. The van der Waals surface area contributed by atoms with Gasteiger partial charge < -0.3 is 14.3 Å². The first-order valence-electron chi connectivity index (χ1n) is 5.71. The van der Waals surface area contributed by atoms with Gasteiger partial charge in [-0.1, -0.05) is 0 Å². The molecule has 0 aliphatic carbocycles. The lowest BCUT2D eigenvalue weighted by molar-refractivity contribution is -0.132. The fourth-order valence-corrected chi connectivity index (χ4v) is 1.58. The zero-order valence-electron chi connectivity index (χ0n) is 10.8. The molecule has 2 N–H and O–H groups in total. The first kappa shape index (κ1) is 13.6. The Morgan fingerprint density at radius 2 is 2.15 bits per heavy atom. The maximum atomic E-state index is 11.1. The molecule has 0 aliphatic rings. The van der Waals surface area contributed by atoms with Gasteiger partial charge in [-0.2, -0.15) is 0 Å². The van der Waals surface area contributed by atoms with E-state index in [0.717, 1.165) is 0 Å². The molecule has 0 fully saturated rings. The summed E-state index contributed by atoms with van der Waals surface area (Å²) in [5.74, 6) is -1.76. The van der Waals surface area contributed by atoms with Gasteiger partial charge in [-0.15, -0.1) is 0 Å². The predicted octanol–water partition coefficient (Wildman–Crippen LogP) is 1.93. The van der Waals surface area contributed by atoms with Crippen LogP contribution in [0.15, 0.2) is 28.9 Å². The van der Waals surface area contributed by atoms with Crippen LogP contribution in [0, 0.1) is 0 Å². The van der Waals surface area contributed by atoms with E-state index in [0.29, 0.717) is 5.56 Å². The number of carbonyl (C=O) groups excluding carboxylic acids is 2. The van der Waals surface area contributed by atoms with Gasteiger partial charge in [0.25, 0.3) is 0 Å². The van der Waals surface area contributed by atoms with Crippen molar-refractivity contribution >= 4 is 17.8 Å². The molecule has 2 aromatic heterocycles. The second-order valence-electron chi connectivity index (χ2n) is 3.95. The van der Waals surface area contributed by atoms with Gasteiger partial charge in [0.05, 0.1) is 0 Å². The first-order chi connectivity index (χ1) is 9.49. The van der Waals surface area contributed by atoms with Crippen LogP contribution < -0.4 is 10.1 Å². The highest BCUT2D eigenvalue weighted by atomic mass is 16.6.